The molecule has 0 unspecified atom stereocenters. The molecule has 2 nitrogen and oxygen atoms in total. The molecule has 0 saturated heterocycles. The lowest BCUT2D eigenvalue weighted by Crippen LogP contribution is -1.96. The first-order valence-electron chi connectivity index (χ1n) is 18.3. The first-order chi connectivity index (χ1) is 26.7. The Labute approximate surface area is 316 Å². The molecule has 0 bridgehead atoms. The van der Waals surface area contributed by atoms with E-state index in [2.05, 4.69) is 182 Å². The zero-order valence-electron chi connectivity index (χ0n) is 29.7. The molecule has 1 aromatic heterocycles. The van der Waals surface area contributed by atoms with Crippen molar-refractivity contribution in [1.82, 2.24) is 9.97 Å². The third-order valence-corrected chi connectivity index (χ3v) is 9.90. The van der Waals surface area contributed by atoms with Gasteiger partial charge in [0.2, 0.25) is 0 Å². The van der Waals surface area contributed by atoms with Crippen molar-refractivity contribution in [2.75, 3.05) is 0 Å². The predicted octanol–water partition coefficient (Wildman–Crippen LogP) is 13.8. The Morgan fingerprint density at radius 1 is 0.204 bits per heavy atom. The van der Waals surface area contributed by atoms with Crippen molar-refractivity contribution < 1.29 is 0 Å². The Balaban J connectivity index is 1.04. The predicted molar refractivity (Wildman–Crippen MR) is 226 cm³/mol. The number of rotatable bonds is 8. The zero-order valence-corrected chi connectivity index (χ0v) is 29.7. The minimum absolute atomic E-state index is 0.703. The number of hydrogen-bond donors (Lipinski definition) is 0. The third-order valence-electron chi connectivity index (χ3n) is 9.90. The van der Waals surface area contributed by atoms with Crippen molar-refractivity contribution >= 4 is 0 Å². The van der Waals surface area contributed by atoms with Crippen LogP contribution in [0.1, 0.15) is 0 Å². The van der Waals surface area contributed by atoms with Gasteiger partial charge in [0.25, 0.3) is 0 Å². The van der Waals surface area contributed by atoms with Crippen LogP contribution in [0.25, 0.3) is 89.5 Å². The SMILES string of the molecule is c1ccc(-c2cc(-c3ccccc3)nc(-c3cccc(-c4cccc(-c5cccc(-c6cccc(-c7ccccc7-c7ccccc7)c6)c5)c4)c3)n2)cc1. The summed E-state index contributed by atoms with van der Waals surface area (Å²) in [4.78, 5) is 10.1. The molecular formula is C52H36N2. The Bertz CT molecular complexity index is 2640. The normalized spacial score (nSPS) is 11.0. The molecule has 0 fully saturated rings. The monoisotopic (exact) mass is 688 g/mol. The molecular weight excluding hydrogens is 653 g/mol. The number of hydrogen-bond acceptors (Lipinski definition) is 2. The summed E-state index contributed by atoms with van der Waals surface area (Å²) in [5.41, 5.74) is 16.8. The molecule has 0 atom stereocenters. The highest BCUT2D eigenvalue weighted by atomic mass is 14.9. The van der Waals surface area contributed by atoms with Crippen molar-refractivity contribution in [3.8, 4) is 89.5 Å². The van der Waals surface area contributed by atoms with Crippen LogP contribution in [0.5, 0.6) is 0 Å². The van der Waals surface area contributed by atoms with Gasteiger partial charge in [-0.2, -0.15) is 0 Å². The molecule has 0 amide bonds. The van der Waals surface area contributed by atoms with E-state index in [1.54, 1.807) is 0 Å². The van der Waals surface area contributed by atoms with Crippen molar-refractivity contribution in [2.45, 2.75) is 0 Å². The maximum atomic E-state index is 5.07. The van der Waals surface area contributed by atoms with E-state index in [1.165, 1.54) is 44.5 Å². The lowest BCUT2D eigenvalue weighted by molar-refractivity contribution is 1.18. The molecule has 0 aliphatic carbocycles. The van der Waals surface area contributed by atoms with Crippen LogP contribution >= 0.6 is 0 Å². The summed E-state index contributed by atoms with van der Waals surface area (Å²) in [5, 5.41) is 0. The summed E-state index contributed by atoms with van der Waals surface area (Å²) in [6, 6.07) is 77.1. The van der Waals surface area contributed by atoms with E-state index in [4.69, 9.17) is 9.97 Å². The van der Waals surface area contributed by atoms with Crippen LogP contribution in [-0.4, -0.2) is 9.97 Å². The largest absolute Gasteiger partial charge is 0.228 e. The molecule has 254 valence electrons. The van der Waals surface area contributed by atoms with Crippen LogP contribution < -0.4 is 0 Å². The Kier molecular flexibility index (Phi) is 8.99. The molecule has 0 saturated carbocycles. The molecule has 1 heterocycles. The van der Waals surface area contributed by atoms with E-state index in [0.717, 1.165) is 39.2 Å². The molecule has 0 radical (unpaired) electrons. The number of benzene rings is 8. The molecule has 9 aromatic rings. The molecule has 0 aliphatic rings. The average molecular weight is 689 g/mol. The van der Waals surface area contributed by atoms with Gasteiger partial charge in [-0.05, 0) is 86.0 Å². The van der Waals surface area contributed by atoms with Gasteiger partial charge in [-0.25, -0.2) is 9.97 Å². The lowest BCUT2D eigenvalue weighted by atomic mass is 9.92. The van der Waals surface area contributed by atoms with Crippen LogP contribution in [0.3, 0.4) is 0 Å². The van der Waals surface area contributed by atoms with E-state index in [-0.39, 0.29) is 0 Å². The van der Waals surface area contributed by atoms with Crippen molar-refractivity contribution in [3.05, 3.63) is 218 Å². The van der Waals surface area contributed by atoms with Gasteiger partial charge in [0, 0.05) is 16.7 Å². The average Bonchev–Trinajstić information content (AvgIpc) is 3.27. The van der Waals surface area contributed by atoms with Gasteiger partial charge in [-0.3, -0.25) is 0 Å². The van der Waals surface area contributed by atoms with Crippen LogP contribution in [0.2, 0.25) is 0 Å². The van der Waals surface area contributed by atoms with Crippen LogP contribution in [0.4, 0.5) is 0 Å². The minimum Gasteiger partial charge on any atom is -0.228 e. The second kappa shape index (κ2) is 14.8. The van der Waals surface area contributed by atoms with E-state index < -0.39 is 0 Å². The Hall–Kier alpha value is -7.16. The quantitative estimate of drug-likeness (QED) is 0.159. The fraction of sp³-hybridized carbons (Fsp3) is 0. The first kappa shape index (κ1) is 32.7. The first-order valence-corrected chi connectivity index (χ1v) is 18.3. The Morgan fingerprint density at radius 2 is 0.500 bits per heavy atom. The second-order valence-corrected chi connectivity index (χ2v) is 13.4. The fourth-order valence-corrected chi connectivity index (χ4v) is 7.15. The summed E-state index contributed by atoms with van der Waals surface area (Å²) < 4.78 is 0. The van der Waals surface area contributed by atoms with Crippen LogP contribution in [0, 0.1) is 0 Å². The molecule has 8 aromatic carbocycles. The van der Waals surface area contributed by atoms with Crippen LogP contribution in [0.15, 0.2) is 218 Å². The summed E-state index contributed by atoms with van der Waals surface area (Å²) in [7, 11) is 0. The summed E-state index contributed by atoms with van der Waals surface area (Å²) >= 11 is 0. The summed E-state index contributed by atoms with van der Waals surface area (Å²) in [6.07, 6.45) is 0. The van der Waals surface area contributed by atoms with Gasteiger partial charge in [0.15, 0.2) is 5.82 Å². The van der Waals surface area contributed by atoms with Gasteiger partial charge in [-0.1, -0.05) is 188 Å². The van der Waals surface area contributed by atoms with E-state index in [1.807, 2.05) is 36.4 Å². The molecule has 0 N–H and O–H groups in total. The van der Waals surface area contributed by atoms with E-state index >= 15 is 0 Å². The fourth-order valence-electron chi connectivity index (χ4n) is 7.15. The molecule has 9 rings (SSSR count). The summed E-state index contributed by atoms with van der Waals surface area (Å²) in [5.74, 6) is 0.703. The maximum Gasteiger partial charge on any atom is 0.160 e. The van der Waals surface area contributed by atoms with Crippen molar-refractivity contribution in [2.24, 2.45) is 0 Å². The summed E-state index contributed by atoms with van der Waals surface area (Å²) in [6.45, 7) is 0. The lowest BCUT2D eigenvalue weighted by Gasteiger charge is -2.13. The zero-order chi connectivity index (χ0) is 36.1. The van der Waals surface area contributed by atoms with Crippen LogP contribution in [-0.2, 0) is 0 Å². The molecule has 0 aliphatic heterocycles. The Morgan fingerprint density at radius 3 is 0.944 bits per heavy atom. The topological polar surface area (TPSA) is 25.8 Å². The second-order valence-electron chi connectivity index (χ2n) is 13.4. The van der Waals surface area contributed by atoms with Gasteiger partial charge < -0.3 is 0 Å². The van der Waals surface area contributed by atoms with Crippen molar-refractivity contribution in [3.63, 3.8) is 0 Å². The molecule has 0 spiro atoms. The van der Waals surface area contributed by atoms with E-state index in [0.29, 0.717) is 5.82 Å². The highest BCUT2D eigenvalue weighted by molar-refractivity contribution is 5.86. The van der Waals surface area contributed by atoms with Crippen molar-refractivity contribution in [1.29, 1.82) is 0 Å². The van der Waals surface area contributed by atoms with Gasteiger partial charge in [0.1, 0.15) is 0 Å². The minimum atomic E-state index is 0.703. The van der Waals surface area contributed by atoms with E-state index in [9.17, 15) is 0 Å². The smallest absolute Gasteiger partial charge is 0.160 e. The number of aromatic nitrogens is 2. The standard InChI is InChI=1S/C52H36N2/c1-4-16-37(17-5-1)48-30-10-11-31-49(48)46-28-14-26-44(34-46)42-24-12-22-40(32-42)41-23-13-25-43(33-41)45-27-15-29-47(35-45)52-53-50(38-18-6-2-7-19-38)36-51(54-52)39-20-8-3-9-21-39/h1-36H. The maximum absolute atomic E-state index is 5.07. The third kappa shape index (κ3) is 6.89. The van der Waals surface area contributed by atoms with Gasteiger partial charge >= 0.3 is 0 Å². The molecule has 2 heteroatoms. The highest BCUT2D eigenvalue weighted by Gasteiger charge is 2.13. The number of nitrogens with zero attached hydrogens (tertiary/aromatic N) is 2. The van der Waals surface area contributed by atoms with Gasteiger partial charge in [0.05, 0.1) is 11.4 Å². The highest BCUT2D eigenvalue weighted by Crippen LogP contribution is 2.36. The van der Waals surface area contributed by atoms with Gasteiger partial charge in [-0.15, -0.1) is 0 Å². The molecule has 54 heavy (non-hydrogen) atoms.